The maximum absolute atomic E-state index is 3.61. The lowest BCUT2D eigenvalue weighted by Crippen LogP contribution is -2.17. The lowest BCUT2D eigenvalue weighted by atomic mass is 9.79. The van der Waals surface area contributed by atoms with E-state index in [4.69, 9.17) is 0 Å². The third kappa shape index (κ3) is 3.21. The van der Waals surface area contributed by atoms with Crippen molar-refractivity contribution in [2.75, 3.05) is 0 Å². The van der Waals surface area contributed by atoms with Crippen molar-refractivity contribution < 1.29 is 0 Å². The molecule has 132 valence electrons. The molecular weight excluding hydrogens is 326 g/mol. The van der Waals surface area contributed by atoms with Gasteiger partial charge in [0.15, 0.2) is 0 Å². The molecule has 1 N–H and O–H groups in total. The zero-order chi connectivity index (χ0) is 18.1. The van der Waals surface area contributed by atoms with E-state index in [0.29, 0.717) is 11.8 Å². The van der Waals surface area contributed by atoms with Gasteiger partial charge >= 0.3 is 0 Å². The second-order valence-electron chi connectivity index (χ2n) is 7.45. The molecule has 27 heavy (non-hydrogen) atoms. The van der Waals surface area contributed by atoms with E-state index in [-0.39, 0.29) is 0 Å². The minimum Gasteiger partial charge on any atom is -0.356 e. The number of allylic oxidation sites excluding steroid dienone is 7. The first-order valence-electron chi connectivity index (χ1n) is 9.76. The summed E-state index contributed by atoms with van der Waals surface area (Å²) in [5.41, 5.74) is 8.00. The fourth-order valence-electron chi connectivity index (χ4n) is 4.27. The van der Waals surface area contributed by atoms with Gasteiger partial charge in [-0.05, 0) is 47.3 Å². The summed E-state index contributed by atoms with van der Waals surface area (Å²) in [6.07, 6.45) is 18.1. The van der Waals surface area contributed by atoms with Crippen molar-refractivity contribution in [3.63, 3.8) is 0 Å². The van der Waals surface area contributed by atoms with Crippen LogP contribution in [0.25, 0.3) is 6.08 Å². The van der Waals surface area contributed by atoms with E-state index in [1.165, 1.54) is 33.7 Å². The molecule has 0 heterocycles. The molecule has 0 spiro atoms. The number of benzene rings is 2. The summed E-state index contributed by atoms with van der Waals surface area (Å²) >= 11 is 0. The summed E-state index contributed by atoms with van der Waals surface area (Å²) in [7, 11) is 0. The second kappa shape index (κ2) is 6.92. The monoisotopic (exact) mass is 349 g/mol. The Morgan fingerprint density at radius 1 is 0.741 bits per heavy atom. The molecule has 2 aromatic carbocycles. The number of nitrogens with one attached hydrogen (secondary N) is 1. The van der Waals surface area contributed by atoms with Gasteiger partial charge in [0.1, 0.15) is 0 Å². The van der Waals surface area contributed by atoms with E-state index in [2.05, 4.69) is 102 Å². The lowest BCUT2D eigenvalue weighted by Gasteiger charge is -2.28. The third-order valence-corrected chi connectivity index (χ3v) is 5.74. The topological polar surface area (TPSA) is 12.0 Å². The maximum atomic E-state index is 3.61. The van der Waals surface area contributed by atoms with Crippen LogP contribution in [-0.2, 0) is 0 Å². The Bertz CT molecular complexity index is 1000. The first kappa shape index (κ1) is 16.1. The minimum atomic E-state index is 0.484. The van der Waals surface area contributed by atoms with Gasteiger partial charge in [0.05, 0.1) is 0 Å². The normalized spacial score (nSPS) is 22.9. The van der Waals surface area contributed by atoms with Crippen LogP contribution in [0.5, 0.6) is 0 Å². The van der Waals surface area contributed by atoms with Crippen LogP contribution in [0.3, 0.4) is 0 Å². The van der Waals surface area contributed by atoms with Crippen molar-refractivity contribution in [2.24, 2.45) is 0 Å². The van der Waals surface area contributed by atoms with Gasteiger partial charge < -0.3 is 5.32 Å². The van der Waals surface area contributed by atoms with Crippen molar-refractivity contribution >= 4 is 6.08 Å². The van der Waals surface area contributed by atoms with Crippen LogP contribution >= 0.6 is 0 Å². The van der Waals surface area contributed by atoms with E-state index < -0.39 is 0 Å². The van der Waals surface area contributed by atoms with Crippen LogP contribution in [0.15, 0.2) is 108 Å². The van der Waals surface area contributed by atoms with Crippen molar-refractivity contribution in [2.45, 2.75) is 24.7 Å². The molecule has 2 atom stereocenters. The van der Waals surface area contributed by atoms with Gasteiger partial charge in [-0.15, -0.1) is 0 Å². The fraction of sp³-hybridized carbons (Fsp3) is 0.154. The average Bonchev–Trinajstić information content (AvgIpc) is 2.75. The molecule has 0 amide bonds. The summed E-state index contributed by atoms with van der Waals surface area (Å²) < 4.78 is 0. The smallest absolute Gasteiger partial charge is 0.0346 e. The van der Waals surface area contributed by atoms with Crippen LogP contribution in [0.4, 0.5) is 0 Å². The summed E-state index contributed by atoms with van der Waals surface area (Å²) in [5.74, 6) is 0.979. The van der Waals surface area contributed by atoms with E-state index in [0.717, 1.165) is 12.8 Å². The van der Waals surface area contributed by atoms with E-state index in [1.807, 2.05) is 0 Å². The molecule has 3 aliphatic rings. The number of fused-ring (bicyclic) bond motifs is 3. The number of rotatable bonds is 3. The largest absolute Gasteiger partial charge is 0.356 e. The molecule has 0 aromatic heterocycles. The van der Waals surface area contributed by atoms with Crippen LogP contribution in [0.2, 0.25) is 0 Å². The Balaban J connectivity index is 1.29. The van der Waals surface area contributed by atoms with Crippen molar-refractivity contribution in [3.8, 4) is 0 Å². The van der Waals surface area contributed by atoms with Gasteiger partial charge in [-0.1, -0.05) is 85.0 Å². The fourth-order valence-corrected chi connectivity index (χ4v) is 4.27. The zero-order valence-electron chi connectivity index (χ0n) is 15.3. The van der Waals surface area contributed by atoms with Crippen molar-refractivity contribution in [1.29, 1.82) is 0 Å². The Labute approximate surface area is 161 Å². The Morgan fingerprint density at radius 2 is 1.56 bits per heavy atom. The van der Waals surface area contributed by atoms with E-state index in [1.54, 1.807) is 0 Å². The van der Waals surface area contributed by atoms with Crippen LogP contribution in [0.1, 0.15) is 41.4 Å². The highest BCUT2D eigenvalue weighted by molar-refractivity contribution is 5.65. The summed E-state index contributed by atoms with van der Waals surface area (Å²) in [6, 6.07) is 19.5. The second-order valence-corrected chi connectivity index (χ2v) is 7.45. The molecule has 1 nitrogen and oxygen atoms in total. The molecule has 2 unspecified atom stereocenters. The van der Waals surface area contributed by atoms with E-state index >= 15 is 0 Å². The molecule has 3 aliphatic carbocycles. The van der Waals surface area contributed by atoms with Gasteiger partial charge in [-0.2, -0.15) is 0 Å². The molecule has 0 saturated heterocycles. The van der Waals surface area contributed by atoms with Crippen molar-refractivity contribution in [3.05, 3.63) is 125 Å². The molecule has 0 radical (unpaired) electrons. The first-order chi connectivity index (χ1) is 13.4. The third-order valence-electron chi connectivity index (χ3n) is 5.74. The SMILES string of the molecule is C1=CC(c2ccccc2)CC=C1NC1=CCC2C(=C1)C=Cc1ccccc12. The average molecular weight is 349 g/mol. The predicted molar refractivity (Wildman–Crippen MR) is 113 cm³/mol. The highest BCUT2D eigenvalue weighted by Gasteiger charge is 2.23. The molecular formula is C26H23N. The quantitative estimate of drug-likeness (QED) is 0.693. The number of hydrogen-bond acceptors (Lipinski definition) is 1. The zero-order valence-corrected chi connectivity index (χ0v) is 15.3. The Hall–Kier alpha value is -3.06. The molecule has 1 heteroatoms. The van der Waals surface area contributed by atoms with Gasteiger partial charge in [0, 0.05) is 23.2 Å². The standard InChI is InChI=1S/C26H23N/c1-2-6-19(7-3-1)20-12-14-23(15-13-20)27-24-16-17-26-22(18-24)11-10-21-8-4-5-9-25(21)26/h1-12,14-16,18,20,26-27H,13,17H2. The van der Waals surface area contributed by atoms with Gasteiger partial charge in [-0.25, -0.2) is 0 Å². The first-order valence-corrected chi connectivity index (χ1v) is 9.76. The summed E-state index contributed by atoms with van der Waals surface area (Å²) in [6.45, 7) is 0. The van der Waals surface area contributed by atoms with Crippen LogP contribution < -0.4 is 5.32 Å². The van der Waals surface area contributed by atoms with Gasteiger partial charge in [-0.3, -0.25) is 0 Å². The predicted octanol–water partition coefficient (Wildman–Crippen LogP) is 6.23. The highest BCUT2D eigenvalue weighted by atomic mass is 14.9. The van der Waals surface area contributed by atoms with E-state index in [9.17, 15) is 0 Å². The van der Waals surface area contributed by atoms with Crippen LogP contribution in [-0.4, -0.2) is 0 Å². The molecule has 5 rings (SSSR count). The lowest BCUT2D eigenvalue weighted by molar-refractivity contribution is 0.782. The molecule has 0 fully saturated rings. The molecule has 0 bridgehead atoms. The van der Waals surface area contributed by atoms with Crippen LogP contribution in [0, 0.1) is 0 Å². The molecule has 0 aliphatic heterocycles. The highest BCUT2D eigenvalue weighted by Crippen LogP contribution is 2.39. The molecule has 0 saturated carbocycles. The maximum Gasteiger partial charge on any atom is 0.0346 e. The van der Waals surface area contributed by atoms with Gasteiger partial charge in [0.2, 0.25) is 0 Å². The van der Waals surface area contributed by atoms with Crippen molar-refractivity contribution in [1.82, 2.24) is 5.32 Å². The minimum absolute atomic E-state index is 0.484. The summed E-state index contributed by atoms with van der Waals surface area (Å²) in [5, 5.41) is 3.61. The Morgan fingerprint density at radius 3 is 2.41 bits per heavy atom. The Kier molecular flexibility index (Phi) is 4.14. The summed E-state index contributed by atoms with van der Waals surface area (Å²) in [4.78, 5) is 0. The number of hydrogen-bond donors (Lipinski definition) is 1. The van der Waals surface area contributed by atoms with Gasteiger partial charge in [0.25, 0.3) is 0 Å². The molecule has 2 aromatic rings.